The van der Waals surface area contributed by atoms with Gasteiger partial charge in [0.25, 0.3) is 5.79 Å². The first-order chi connectivity index (χ1) is 12.4. The number of rotatable bonds is 5. The second-order valence-electron chi connectivity index (χ2n) is 6.46. The van der Waals surface area contributed by atoms with Gasteiger partial charge in [-0.1, -0.05) is 0 Å². The molecule has 0 saturated carbocycles. The van der Waals surface area contributed by atoms with Gasteiger partial charge in [-0.15, -0.1) is 0 Å². The van der Waals surface area contributed by atoms with Crippen LogP contribution in [-0.2, 0) is 19.0 Å². The van der Waals surface area contributed by atoms with Crippen molar-refractivity contribution in [3.63, 3.8) is 0 Å². The van der Waals surface area contributed by atoms with Crippen molar-refractivity contribution in [2.45, 2.75) is 66.2 Å². The molecule has 8 N–H and O–H groups in total. The zero-order chi connectivity index (χ0) is 20.7. The summed E-state index contributed by atoms with van der Waals surface area (Å²) < 4.78 is 12.7. The molecule has 0 aromatic rings. The molecule has 2 aliphatic heterocycles. The number of alkyl halides is 1. The van der Waals surface area contributed by atoms with E-state index in [1.165, 1.54) is 0 Å². The first-order valence-corrected chi connectivity index (χ1v) is 8.79. The van der Waals surface area contributed by atoms with Gasteiger partial charge in [0.15, 0.2) is 12.1 Å². The summed E-state index contributed by atoms with van der Waals surface area (Å²) >= 11 is 2.62. The minimum Gasteiger partial charge on any atom is -0.394 e. The Hall–Kier alpha value is -0.290. The van der Waals surface area contributed by atoms with E-state index in [2.05, 4.69) is 15.9 Å². The summed E-state index contributed by atoms with van der Waals surface area (Å²) in [5.41, 5.74) is 0. The van der Waals surface area contributed by atoms with Crippen LogP contribution in [0.2, 0.25) is 0 Å². The quantitative estimate of drug-likeness (QED) is 0.181. The van der Waals surface area contributed by atoms with Gasteiger partial charge in [0.1, 0.15) is 42.7 Å². The highest BCUT2D eigenvalue weighted by molar-refractivity contribution is 9.10. The Labute approximate surface area is 161 Å². The van der Waals surface area contributed by atoms with Crippen LogP contribution >= 0.6 is 15.9 Å². The second kappa shape index (κ2) is 8.22. The summed E-state index contributed by atoms with van der Waals surface area (Å²) in [4.78, 5) is 11.7. The molecule has 10 atom stereocenters. The third-order valence-corrected chi connectivity index (χ3v) is 5.67. The van der Waals surface area contributed by atoms with E-state index in [0.717, 1.165) is 6.92 Å². The fourth-order valence-electron chi connectivity index (χ4n) is 2.96. The molecule has 2 aliphatic rings. The summed E-state index contributed by atoms with van der Waals surface area (Å²) in [7, 11) is 0. The Morgan fingerprint density at radius 1 is 1.04 bits per heavy atom. The minimum absolute atomic E-state index is 0.732. The number of Topliss-reactive ketones (excluding diaryl/α,β-unsaturated/α-hetero) is 1. The van der Waals surface area contributed by atoms with Crippen LogP contribution in [0.4, 0.5) is 0 Å². The van der Waals surface area contributed by atoms with E-state index < -0.39 is 78.3 Å². The van der Waals surface area contributed by atoms with Crippen molar-refractivity contribution >= 4 is 21.7 Å². The molecular weight excluding hydrogens is 440 g/mol. The molecule has 2 saturated heterocycles. The highest BCUT2D eigenvalue weighted by Crippen LogP contribution is 2.43. The average Bonchev–Trinajstić information content (AvgIpc) is 2.62. The highest BCUT2D eigenvalue weighted by atomic mass is 79.9. The molecule has 12 nitrogen and oxygen atoms in total. The molecule has 0 bridgehead atoms. The first kappa shape index (κ1) is 23.0. The lowest BCUT2D eigenvalue weighted by molar-refractivity contribution is -0.377. The number of hydrogen-bond donors (Lipinski definition) is 8. The van der Waals surface area contributed by atoms with E-state index >= 15 is 0 Å². The lowest BCUT2D eigenvalue weighted by atomic mass is 9.90. The van der Waals surface area contributed by atoms with Gasteiger partial charge < -0.3 is 55.1 Å². The third kappa shape index (κ3) is 3.80. The standard InChI is InChI=1S/C14H23BrO12/c1-4(18)14(24)13(15,23)11(22)10(6(3-17)27-14)26-12-9(21)8(20)7(19)5(2-16)25-12/h5-12,16-17,19-24H,2-3H2,1H3/t5-,6-,7+,8+,9-,10-,11+,12+,13-,14?/m1/s1. The van der Waals surface area contributed by atoms with Gasteiger partial charge in [0.05, 0.1) is 13.2 Å². The van der Waals surface area contributed by atoms with E-state index in [1.807, 2.05) is 0 Å². The van der Waals surface area contributed by atoms with Crippen molar-refractivity contribution in [2.24, 2.45) is 0 Å². The van der Waals surface area contributed by atoms with Crippen LogP contribution in [0.3, 0.4) is 0 Å². The van der Waals surface area contributed by atoms with Crippen LogP contribution in [0.25, 0.3) is 0 Å². The molecule has 158 valence electrons. The summed E-state index contributed by atoms with van der Waals surface area (Å²) in [6.07, 6.45) is -13.6. The van der Waals surface area contributed by atoms with Gasteiger partial charge in [0, 0.05) is 6.92 Å². The molecule has 2 heterocycles. The monoisotopic (exact) mass is 462 g/mol. The van der Waals surface area contributed by atoms with Crippen molar-refractivity contribution in [1.82, 2.24) is 0 Å². The van der Waals surface area contributed by atoms with Gasteiger partial charge >= 0.3 is 0 Å². The Kier molecular flexibility index (Phi) is 7.00. The van der Waals surface area contributed by atoms with Gasteiger partial charge in [0.2, 0.25) is 4.51 Å². The number of ether oxygens (including phenoxy) is 3. The van der Waals surface area contributed by atoms with Crippen molar-refractivity contribution in [1.29, 1.82) is 0 Å². The predicted molar refractivity (Wildman–Crippen MR) is 86.1 cm³/mol. The van der Waals surface area contributed by atoms with E-state index in [1.54, 1.807) is 0 Å². The molecule has 0 spiro atoms. The largest absolute Gasteiger partial charge is 0.394 e. The molecule has 2 rings (SSSR count). The minimum atomic E-state index is -2.92. The number of carbonyl (C=O) groups excluding carboxylic acids is 1. The molecule has 0 amide bonds. The molecule has 0 aromatic carbocycles. The van der Waals surface area contributed by atoms with Crippen molar-refractivity contribution in [3.05, 3.63) is 0 Å². The molecule has 13 heteroatoms. The van der Waals surface area contributed by atoms with Crippen molar-refractivity contribution < 1.29 is 59.9 Å². The molecule has 0 radical (unpaired) electrons. The molecule has 1 unspecified atom stereocenters. The van der Waals surface area contributed by atoms with E-state index in [-0.39, 0.29) is 0 Å². The summed E-state index contributed by atoms with van der Waals surface area (Å²) in [5, 5.41) is 79.3. The smallest absolute Gasteiger partial charge is 0.269 e. The lowest BCUT2D eigenvalue weighted by Gasteiger charge is -2.51. The van der Waals surface area contributed by atoms with Crippen LogP contribution in [0, 0.1) is 0 Å². The summed E-state index contributed by atoms with van der Waals surface area (Å²) in [6.45, 7) is -0.728. The molecule has 0 aliphatic carbocycles. The molecule has 27 heavy (non-hydrogen) atoms. The fourth-order valence-corrected chi connectivity index (χ4v) is 3.59. The van der Waals surface area contributed by atoms with Gasteiger partial charge in [-0.2, -0.15) is 0 Å². The number of hydrogen-bond acceptors (Lipinski definition) is 12. The van der Waals surface area contributed by atoms with E-state index in [9.17, 15) is 45.6 Å². The molecule has 2 fully saturated rings. The van der Waals surface area contributed by atoms with Crippen LogP contribution in [0.15, 0.2) is 0 Å². The molecular formula is C14H23BrO12. The maximum absolute atomic E-state index is 11.7. The van der Waals surface area contributed by atoms with Gasteiger partial charge in [-0.3, -0.25) is 4.79 Å². The fraction of sp³-hybridized carbons (Fsp3) is 0.929. The normalized spacial score (nSPS) is 51.2. The SMILES string of the molecule is CC(=O)C1(O)O[C@H](CO)[C@@H](O[C@@H]2O[C@H](CO)[C@H](O)[C@H](O)[C@H]2O)[C@H](O)[C@]1(O)Br. The van der Waals surface area contributed by atoms with Crippen LogP contribution in [-0.4, -0.2) is 119 Å². The van der Waals surface area contributed by atoms with Gasteiger partial charge in [-0.05, 0) is 15.9 Å². The number of aliphatic hydroxyl groups excluding tert-OH is 6. The lowest BCUT2D eigenvalue weighted by Crippen LogP contribution is -2.74. The highest BCUT2D eigenvalue weighted by Gasteiger charge is 2.66. The zero-order valence-corrected chi connectivity index (χ0v) is 15.7. The van der Waals surface area contributed by atoms with Gasteiger partial charge in [-0.25, -0.2) is 0 Å². The Morgan fingerprint density at radius 2 is 1.59 bits per heavy atom. The Morgan fingerprint density at radius 3 is 2.07 bits per heavy atom. The van der Waals surface area contributed by atoms with Crippen molar-refractivity contribution in [3.8, 4) is 0 Å². The number of aliphatic hydroxyl groups is 8. The number of halogens is 1. The predicted octanol–water partition coefficient (Wildman–Crippen LogP) is -4.72. The van der Waals surface area contributed by atoms with Crippen LogP contribution in [0.5, 0.6) is 0 Å². The van der Waals surface area contributed by atoms with Crippen molar-refractivity contribution in [2.75, 3.05) is 13.2 Å². The Balaban J connectivity index is 2.28. The van der Waals surface area contributed by atoms with E-state index in [4.69, 9.17) is 14.2 Å². The van der Waals surface area contributed by atoms with E-state index in [0.29, 0.717) is 0 Å². The second-order valence-corrected chi connectivity index (χ2v) is 7.66. The zero-order valence-electron chi connectivity index (χ0n) is 14.1. The maximum atomic E-state index is 11.7. The maximum Gasteiger partial charge on any atom is 0.269 e. The first-order valence-electron chi connectivity index (χ1n) is 7.99. The number of ketones is 1. The average molecular weight is 463 g/mol. The van der Waals surface area contributed by atoms with Crippen LogP contribution in [0.1, 0.15) is 6.92 Å². The molecule has 0 aromatic heterocycles. The topological polar surface area (TPSA) is 207 Å². The summed E-state index contributed by atoms with van der Waals surface area (Å²) in [6, 6.07) is 0. The number of carbonyl (C=O) groups is 1. The third-order valence-electron chi connectivity index (χ3n) is 4.66. The van der Waals surface area contributed by atoms with Crippen LogP contribution < -0.4 is 0 Å². The summed E-state index contributed by atoms with van der Waals surface area (Å²) in [5.74, 6) is -4.00. The Bertz CT molecular complexity index is 544.